The minimum atomic E-state index is -0.398. The standard InChI is InChI=1S/C18H21N3O3/c1-13-8-9-16(24-2)15(10-13)21-17(22)12-20-18(23)19-11-14-6-4-3-5-7-14/h3-10H,11-12H2,1-2H3,(H,21,22)(H2,19,20,23). The molecule has 3 amide bonds. The number of carbonyl (C=O) groups is 2. The average molecular weight is 327 g/mol. The second-order valence-corrected chi connectivity index (χ2v) is 5.27. The van der Waals surface area contributed by atoms with Gasteiger partial charge in [-0.3, -0.25) is 4.79 Å². The van der Waals surface area contributed by atoms with Crippen LogP contribution in [0, 0.1) is 6.92 Å². The van der Waals surface area contributed by atoms with Gasteiger partial charge in [-0.25, -0.2) is 4.79 Å². The molecular weight excluding hydrogens is 306 g/mol. The molecule has 0 unspecified atom stereocenters. The van der Waals surface area contributed by atoms with Crippen LogP contribution in [0.1, 0.15) is 11.1 Å². The van der Waals surface area contributed by atoms with Crippen LogP contribution in [0.2, 0.25) is 0 Å². The maximum absolute atomic E-state index is 12.0. The highest BCUT2D eigenvalue weighted by molar-refractivity contribution is 5.95. The van der Waals surface area contributed by atoms with Crippen molar-refractivity contribution in [1.29, 1.82) is 0 Å². The van der Waals surface area contributed by atoms with Gasteiger partial charge in [0.1, 0.15) is 5.75 Å². The summed E-state index contributed by atoms with van der Waals surface area (Å²) in [5.41, 5.74) is 2.57. The molecule has 0 spiro atoms. The van der Waals surface area contributed by atoms with Gasteiger partial charge in [-0.1, -0.05) is 36.4 Å². The molecule has 0 aliphatic heterocycles. The normalized spacial score (nSPS) is 9.92. The molecule has 2 rings (SSSR count). The van der Waals surface area contributed by atoms with E-state index in [0.717, 1.165) is 11.1 Å². The predicted molar refractivity (Wildman–Crippen MR) is 93.0 cm³/mol. The lowest BCUT2D eigenvalue weighted by Crippen LogP contribution is -2.39. The Balaban J connectivity index is 1.78. The summed E-state index contributed by atoms with van der Waals surface area (Å²) in [6, 6.07) is 14.6. The third-order valence-corrected chi connectivity index (χ3v) is 3.33. The van der Waals surface area contributed by atoms with E-state index in [1.807, 2.05) is 49.4 Å². The van der Waals surface area contributed by atoms with Gasteiger partial charge in [0.05, 0.1) is 19.3 Å². The van der Waals surface area contributed by atoms with Crippen LogP contribution >= 0.6 is 0 Å². The lowest BCUT2D eigenvalue weighted by molar-refractivity contribution is -0.115. The first-order valence-corrected chi connectivity index (χ1v) is 7.58. The van der Waals surface area contributed by atoms with E-state index < -0.39 is 6.03 Å². The smallest absolute Gasteiger partial charge is 0.315 e. The number of hydrogen-bond acceptors (Lipinski definition) is 3. The van der Waals surface area contributed by atoms with Gasteiger partial charge in [-0.2, -0.15) is 0 Å². The van der Waals surface area contributed by atoms with Gasteiger partial charge < -0.3 is 20.7 Å². The van der Waals surface area contributed by atoms with Crippen molar-refractivity contribution in [3.05, 3.63) is 59.7 Å². The number of ether oxygens (including phenoxy) is 1. The molecule has 2 aromatic carbocycles. The van der Waals surface area contributed by atoms with Crippen LogP contribution in [0.3, 0.4) is 0 Å². The summed E-state index contributed by atoms with van der Waals surface area (Å²) in [7, 11) is 1.54. The summed E-state index contributed by atoms with van der Waals surface area (Å²) in [5.74, 6) is 0.247. The number of anilines is 1. The Morgan fingerprint density at radius 3 is 2.50 bits per heavy atom. The van der Waals surface area contributed by atoms with Gasteiger partial charge in [0, 0.05) is 6.54 Å². The number of carbonyl (C=O) groups excluding carboxylic acids is 2. The molecule has 0 fully saturated rings. The second kappa shape index (κ2) is 8.57. The van der Waals surface area contributed by atoms with Crippen LogP contribution in [0.5, 0.6) is 5.75 Å². The first kappa shape index (κ1) is 17.3. The third kappa shape index (κ3) is 5.31. The van der Waals surface area contributed by atoms with Crippen LogP contribution in [-0.2, 0) is 11.3 Å². The first-order valence-electron chi connectivity index (χ1n) is 7.58. The zero-order valence-electron chi connectivity index (χ0n) is 13.8. The van der Waals surface area contributed by atoms with Crippen molar-refractivity contribution in [2.24, 2.45) is 0 Å². The molecule has 6 heteroatoms. The zero-order valence-corrected chi connectivity index (χ0v) is 13.8. The van der Waals surface area contributed by atoms with Gasteiger partial charge in [-0.05, 0) is 30.2 Å². The summed E-state index contributed by atoms with van der Waals surface area (Å²) < 4.78 is 5.20. The van der Waals surface area contributed by atoms with Crippen molar-refractivity contribution in [3.63, 3.8) is 0 Å². The van der Waals surface area contributed by atoms with E-state index in [2.05, 4.69) is 16.0 Å². The Labute approximate surface area is 141 Å². The first-order chi connectivity index (χ1) is 11.6. The largest absolute Gasteiger partial charge is 0.495 e. The van der Waals surface area contributed by atoms with E-state index in [4.69, 9.17) is 4.74 Å². The number of methoxy groups -OCH3 is 1. The lowest BCUT2D eigenvalue weighted by Gasteiger charge is -2.12. The molecular formula is C18H21N3O3. The highest BCUT2D eigenvalue weighted by Crippen LogP contribution is 2.24. The topological polar surface area (TPSA) is 79.5 Å². The Kier molecular flexibility index (Phi) is 6.19. The quantitative estimate of drug-likeness (QED) is 0.762. The second-order valence-electron chi connectivity index (χ2n) is 5.27. The number of hydrogen-bond donors (Lipinski definition) is 3. The molecule has 0 aromatic heterocycles. The molecule has 0 bridgehead atoms. The van der Waals surface area contributed by atoms with Crippen molar-refractivity contribution < 1.29 is 14.3 Å². The average Bonchev–Trinajstić information content (AvgIpc) is 2.59. The van der Waals surface area contributed by atoms with Crippen molar-refractivity contribution in [1.82, 2.24) is 10.6 Å². The van der Waals surface area contributed by atoms with Crippen molar-refractivity contribution in [3.8, 4) is 5.75 Å². The highest BCUT2D eigenvalue weighted by Gasteiger charge is 2.09. The molecule has 3 N–H and O–H groups in total. The molecule has 0 heterocycles. The van der Waals surface area contributed by atoms with E-state index in [0.29, 0.717) is 18.0 Å². The van der Waals surface area contributed by atoms with E-state index in [-0.39, 0.29) is 12.5 Å². The molecule has 0 radical (unpaired) electrons. The molecule has 0 atom stereocenters. The Hall–Kier alpha value is -3.02. The van der Waals surface area contributed by atoms with E-state index >= 15 is 0 Å². The number of aryl methyl sites for hydroxylation is 1. The SMILES string of the molecule is COc1ccc(C)cc1NC(=O)CNC(=O)NCc1ccccc1. The predicted octanol–water partition coefficient (Wildman–Crippen LogP) is 2.44. The summed E-state index contributed by atoms with van der Waals surface area (Å²) in [6.07, 6.45) is 0. The van der Waals surface area contributed by atoms with E-state index in [1.54, 1.807) is 6.07 Å². The van der Waals surface area contributed by atoms with Crippen LogP contribution in [0.25, 0.3) is 0 Å². The van der Waals surface area contributed by atoms with Gasteiger partial charge in [-0.15, -0.1) is 0 Å². The Bertz CT molecular complexity index is 702. The summed E-state index contributed by atoms with van der Waals surface area (Å²) >= 11 is 0. The number of rotatable bonds is 6. The fourth-order valence-corrected chi connectivity index (χ4v) is 2.12. The highest BCUT2D eigenvalue weighted by atomic mass is 16.5. The maximum Gasteiger partial charge on any atom is 0.315 e. The van der Waals surface area contributed by atoms with Crippen LogP contribution in [-0.4, -0.2) is 25.6 Å². The zero-order chi connectivity index (χ0) is 17.4. The fraction of sp³-hybridized carbons (Fsp3) is 0.222. The molecule has 6 nitrogen and oxygen atoms in total. The number of benzene rings is 2. The lowest BCUT2D eigenvalue weighted by atomic mass is 10.2. The molecule has 2 aromatic rings. The number of urea groups is 1. The van der Waals surface area contributed by atoms with Crippen molar-refractivity contribution in [2.45, 2.75) is 13.5 Å². The van der Waals surface area contributed by atoms with E-state index in [9.17, 15) is 9.59 Å². The Morgan fingerprint density at radius 1 is 1.04 bits per heavy atom. The fourth-order valence-electron chi connectivity index (χ4n) is 2.12. The summed E-state index contributed by atoms with van der Waals surface area (Å²) in [5, 5.41) is 7.94. The minimum absolute atomic E-state index is 0.127. The molecule has 24 heavy (non-hydrogen) atoms. The molecule has 0 aliphatic rings. The van der Waals surface area contributed by atoms with Gasteiger partial charge in [0.15, 0.2) is 0 Å². The number of nitrogens with one attached hydrogen (secondary N) is 3. The van der Waals surface area contributed by atoms with Gasteiger partial charge >= 0.3 is 6.03 Å². The molecule has 0 saturated heterocycles. The summed E-state index contributed by atoms with van der Waals surface area (Å²) in [6.45, 7) is 2.20. The Morgan fingerprint density at radius 2 is 1.79 bits per heavy atom. The summed E-state index contributed by atoms with van der Waals surface area (Å²) in [4.78, 5) is 23.7. The molecule has 0 aliphatic carbocycles. The molecule has 126 valence electrons. The third-order valence-electron chi connectivity index (χ3n) is 3.33. The maximum atomic E-state index is 12.0. The monoisotopic (exact) mass is 327 g/mol. The van der Waals surface area contributed by atoms with Crippen LogP contribution in [0.15, 0.2) is 48.5 Å². The molecule has 0 saturated carbocycles. The van der Waals surface area contributed by atoms with E-state index in [1.165, 1.54) is 7.11 Å². The van der Waals surface area contributed by atoms with Crippen LogP contribution in [0.4, 0.5) is 10.5 Å². The minimum Gasteiger partial charge on any atom is -0.495 e. The number of amides is 3. The van der Waals surface area contributed by atoms with Crippen LogP contribution < -0.4 is 20.7 Å². The van der Waals surface area contributed by atoms with Crippen molar-refractivity contribution >= 4 is 17.6 Å². The van der Waals surface area contributed by atoms with Crippen molar-refractivity contribution in [2.75, 3.05) is 19.0 Å². The van der Waals surface area contributed by atoms with Gasteiger partial charge in [0.2, 0.25) is 5.91 Å². The van der Waals surface area contributed by atoms with Gasteiger partial charge in [0.25, 0.3) is 0 Å².